The molecule has 354 valence electrons. The molecule has 0 aromatic carbocycles. The zero-order chi connectivity index (χ0) is 45.1. The number of rotatable bonds is 45. The number of allylic oxidation sites excluding steroid dienone is 14. The van der Waals surface area contributed by atoms with Gasteiger partial charge >= 0.3 is 17.9 Å². The van der Waals surface area contributed by atoms with Crippen molar-refractivity contribution in [1.82, 2.24) is 0 Å². The molecule has 62 heavy (non-hydrogen) atoms. The van der Waals surface area contributed by atoms with Gasteiger partial charge in [-0.3, -0.25) is 14.4 Å². The molecule has 0 amide bonds. The molecule has 1 unspecified atom stereocenters. The lowest BCUT2D eigenvalue weighted by Crippen LogP contribution is -2.30. The van der Waals surface area contributed by atoms with Crippen molar-refractivity contribution in [2.24, 2.45) is 0 Å². The molecule has 0 radical (unpaired) electrons. The Morgan fingerprint density at radius 2 is 0.661 bits per heavy atom. The second kappa shape index (κ2) is 50.2. The van der Waals surface area contributed by atoms with Crippen LogP contribution in [0.2, 0.25) is 0 Å². The Labute approximate surface area is 382 Å². The van der Waals surface area contributed by atoms with Crippen LogP contribution in [0.25, 0.3) is 0 Å². The molecule has 0 aliphatic heterocycles. The van der Waals surface area contributed by atoms with Crippen LogP contribution >= 0.6 is 0 Å². The minimum Gasteiger partial charge on any atom is -0.462 e. The molecule has 0 aliphatic rings. The molecule has 0 fully saturated rings. The summed E-state index contributed by atoms with van der Waals surface area (Å²) in [5.74, 6) is -0.954. The maximum Gasteiger partial charge on any atom is 0.306 e. The number of hydrogen-bond acceptors (Lipinski definition) is 6. The van der Waals surface area contributed by atoms with E-state index in [0.717, 1.165) is 122 Å². The minimum absolute atomic E-state index is 0.0983. The van der Waals surface area contributed by atoms with Crippen molar-refractivity contribution in [3.05, 3.63) is 85.1 Å². The van der Waals surface area contributed by atoms with Gasteiger partial charge < -0.3 is 14.2 Å². The number of carbonyl (C=O) groups excluding carboxylic acids is 3. The summed E-state index contributed by atoms with van der Waals surface area (Å²) in [5, 5.41) is 0. The lowest BCUT2D eigenvalue weighted by atomic mass is 10.1. The molecule has 6 heteroatoms. The Balaban J connectivity index is 4.37. The third-order valence-electron chi connectivity index (χ3n) is 10.6. The highest BCUT2D eigenvalue weighted by molar-refractivity contribution is 5.71. The third kappa shape index (κ3) is 47.6. The summed E-state index contributed by atoms with van der Waals surface area (Å²) in [6, 6.07) is 0. The number of carbonyl (C=O) groups is 3. The van der Waals surface area contributed by atoms with Crippen LogP contribution in [-0.4, -0.2) is 37.2 Å². The van der Waals surface area contributed by atoms with Crippen molar-refractivity contribution in [3.63, 3.8) is 0 Å². The summed E-state index contributed by atoms with van der Waals surface area (Å²) in [4.78, 5) is 37.9. The average Bonchev–Trinajstić information content (AvgIpc) is 3.27. The van der Waals surface area contributed by atoms with E-state index in [-0.39, 0.29) is 37.5 Å². The van der Waals surface area contributed by atoms with Crippen LogP contribution in [0.1, 0.15) is 233 Å². The molecule has 0 heterocycles. The van der Waals surface area contributed by atoms with E-state index in [1.165, 1.54) is 70.6 Å². The molecule has 0 saturated carbocycles. The second-order valence-electron chi connectivity index (χ2n) is 16.7. The molecule has 1 atom stereocenters. The number of ether oxygens (including phenoxy) is 3. The van der Waals surface area contributed by atoms with Gasteiger partial charge in [-0.15, -0.1) is 0 Å². The molecule has 0 aromatic heterocycles. The Hall–Kier alpha value is -3.41. The van der Waals surface area contributed by atoms with Crippen LogP contribution in [0.4, 0.5) is 0 Å². The van der Waals surface area contributed by atoms with Gasteiger partial charge in [-0.1, -0.05) is 189 Å². The summed E-state index contributed by atoms with van der Waals surface area (Å²) in [7, 11) is 0. The smallest absolute Gasteiger partial charge is 0.306 e. The van der Waals surface area contributed by atoms with E-state index >= 15 is 0 Å². The summed E-state index contributed by atoms with van der Waals surface area (Å²) >= 11 is 0. The van der Waals surface area contributed by atoms with E-state index in [0.29, 0.717) is 12.8 Å². The van der Waals surface area contributed by atoms with Crippen LogP contribution in [0.3, 0.4) is 0 Å². The Morgan fingerprint density at radius 3 is 1.08 bits per heavy atom. The fourth-order valence-corrected chi connectivity index (χ4v) is 6.76. The van der Waals surface area contributed by atoms with Crippen molar-refractivity contribution in [2.45, 2.75) is 239 Å². The van der Waals surface area contributed by atoms with Crippen LogP contribution < -0.4 is 0 Å². The van der Waals surface area contributed by atoms with E-state index < -0.39 is 6.10 Å². The highest BCUT2D eigenvalue weighted by Gasteiger charge is 2.19. The summed E-state index contributed by atoms with van der Waals surface area (Å²) < 4.78 is 16.7. The standard InChI is InChI=1S/C56H94O6/c1-4-7-10-13-16-19-22-24-25-26-27-28-29-30-31-33-34-37-40-43-46-49-55(58)61-52-53(51-60-54(57)48-45-42-39-36-21-18-15-12-9-6-3)62-56(59)50-47-44-41-38-35-32-23-20-17-14-11-8-5-2/h8,11-12,15,17,20,22,24,26-27,29-30,32,35,53H,4-7,9-10,13-14,16,18-19,21,23,25,28,31,33-34,36-52H2,1-3H3/b11-8-,15-12-,20-17-,24-22-,27-26-,30-29-,35-32-. The van der Waals surface area contributed by atoms with Gasteiger partial charge in [-0.25, -0.2) is 0 Å². The van der Waals surface area contributed by atoms with Crippen molar-refractivity contribution < 1.29 is 28.6 Å². The minimum atomic E-state index is -0.799. The molecular weight excluding hydrogens is 769 g/mol. The maximum absolute atomic E-state index is 12.7. The van der Waals surface area contributed by atoms with Gasteiger partial charge in [0.1, 0.15) is 13.2 Å². The van der Waals surface area contributed by atoms with E-state index in [1.54, 1.807) is 0 Å². The predicted molar refractivity (Wildman–Crippen MR) is 265 cm³/mol. The van der Waals surface area contributed by atoms with Crippen molar-refractivity contribution >= 4 is 17.9 Å². The summed E-state index contributed by atoms with van der Waals surface area (Å²) in [6.45, 7) is 6.39. The normalized spacial score (nSPS) is 12.8. The highest BCUT2D eigenvalue weighted by Crippen LogP contribution is 2.13. The van der Waals surface area contributed by atoms with Gasteiger partial charge in [-0.05, 0) is 109 Å². The van der Waals surface area contributed by atoms with E-state index in [1.807, 2.05) is 0 Å². The Kier molecular flexibility index (Phi) is 47.5. The molecule has 6 nitrogen and oxygen atoms in total. The monoisotopic (exact) mass is 863 g/mol. The molecule has 0 N–H and O–H groups in total. The largest absolute Gasteiger partial charge is 0.462 e. The van der Waals surface area contributed by atoms with Crippen LogP contribution in [0, 0.1) is 0 Å². The molecule has 0 rings (SSSR count). The van der Waals surface area contributed by atoms with Crippen LogP contribution in [0.5, 0.6) is 0 Å². The first-order valence-electron chi connectivity index (χ1n) is 25.6. The van der Waals surface area contributed by atoms with E-state index in [2.05, 4.69) is 106 Å². The quantitative estimate of drug-likeness (QED) is 0.0263. The highest BCUT2D eigenvalue weighted by atomic mass is 16.6. The second-order valence-corrected chi connectivity index (χ2v) is 16.7. The molecule has 0 bridgehead atoms. The number of hydrogen-bond donors (Lipinski definition) is 0. The van der Waals surface area contributed by atoms with Crippen LogP contribution in [-0.2, 0) is 28.6 Å². The first-order valence-corrected chi connectivity index (χ1v) is 25.6. The number of esters is 3. The number of unbranched alkanes of at least 4 members (excludes halogenated alkanes) is 20. The third-order valence-corrected chi connectivity index (χ3v) is 10.6. The molecule has 0 spiro atoms. The molecular formula is C56H94O6. The van der Waals surface area contributed by atoms with Gasteiger partial charge in [0.2, 0.25) is 0 Å². The van der Waals surface area contributed by atoms with Crippen LogP contribution in [0.15, 0.2) is 85.1 Å². The summed E-state index contributed by atoms with van der Waals surface area (Å²) in [6.07, 6.45) is 64.3. The zero-order valence-corrected chi connectivity index (χ0v) is 40.4. The van der Waals surface area contributed by atoms with Gasteiger partial charge in [0.05, 0.1) is 0 Å². The molecule has 0 aliphatic carbocycles. The average molecular weight is 863 g/mol. The lowest BCUT2D eigenvalue weighted by molar-refractivity contribution is -0.167. The maximum atomic E-state index is 12.7. The van der Waals surface area contributed by atoms with Gasteiger partial charge in [0.25, 0.3) is 0 Å². The first-order chi connectivity index (χ1) is 30.5. The fourth-order valence-electron chi connectivity index (χ4n) is 6.76. The predicted octanol–water partition coefficient (Wildman–Crippen LogP) is 16.8. The fraction of sp³-hybridized carbons (Fsp3) is 0.696. The summed E-state index contributed by atoms with van der Waals surface area (Å²) in [5.41, 5.74) is 0. The van der Waals surface area contributed by atoms with Gasteiger partial charge in [0, 0.05) is 19.3 Å². The first kappa shape index (κ1) is 58.6. The van der Waals surface area contributed by atoms with E-state index in [9.17, 15) is 14.4 Å². The Bertz CT molecular complexity index is 1220. The lowest BCUT2D eigenvalue weighted by Gasteiger charge is -2.18. The Morgan fingerprint density at radius 1 is 0.339 bits per heavy atom. The van der Waals surface area contributed by atoms with Crippen molar-refractivity contribution in [2.75, 3.05) is 13.2 Å². The topological polar surface area (TPSA) is 78.9 Å². The zero-order valence-electron chi connectivity index (χ0n) is 40.4. The van der Waals surface area contributed by atoms with Gasteiger partial charge in [0.15, 0.2) is 6.10 Å². The van der Waals surface area contributed by atoms with Crippen molar-refractivity contribution in [3.8, 4) is 0 Å². The SMILES string of the molecule is CC/C=C\C/C=C\C/C=C\CCCCCC(=O)OC(COC(=O)CCCCCCC/C=C\CCC)COC(=O)CCCCCCCC/C=C\C/C=C\C/C=C\CCCCCCC. The van der Waals surface area contributed by atoms with E-state index in [4.69, 9.17) is 14.2 Å². The van der Waals surface area contributed by atoms with Gasteiger partial charge in [-0.2, -0.15) is 0 Å². The van der Waals surface area contributed by atoms with Crippen molar-refractivity contribution in [1.29, 1.82) is 0 Å². The molecule has 0 aromatic rings. The molecule has 0 saturated heterocycles.